The fourth-order valence-electron chi connectivity index (χ4n) is 3.37. The standard InChI is InChI=1S/C18H29N3O2/c1-2-3-4-5-6-7-14-21(18(22)23)15-12-20(13-16-21)17-8-10-19-11-9-17/h8-11H,2-7,12-16H2,1H3/p+1. The highest BCUT2D eigenvalue weighted by Gasteiger charge is 2.39. The molecule has 1 aromatic rings. The molecule has 1 amide bonds. The summed E-state index contributed by atoms with van der Waals surface area (Å²) in [7, 11) is 0. The molecule has 1 aromatic heterocycles. The second kappa shape index (κ2) is 8.87. The summed E-state index contributed by atoms with van der Waals surface area (Å²) in [5.74, 6) is 0. The molecule has 5 heteroatoms. The number of pyridine rings is 1. The molecule has 5 nitrogen and oxygen atoms in total. The highest BCUT2D eigenvalue weighted by atomic mass is 16.4. The highest BCUT2D eigenvalue weighted by molar-refractivity contribution is 5.57. The second-order valence-corrected chi connectivity index (χ2v) is 6.56. The monoisotopic (exact) mass is 320 g/mol. The maximum absolute atomic E-state index is 11.8. The summed E-state index contributed by atoms with van der Waals surface area (Å²) in [4.78, 5) is 18.1. The van der Waals surface area contributed by atoms with Crippen LogP contribution in [0.25, 0.3) is 0 Å². The van der Waals surface area contributed by atoms with Crippen LogP contribution in [0.5, 0.6) is 0 Å². The van der Waals surface area contributed by atoms with E-state index in [1.54, 1.807) is 12.4 Å². The Bertz CT molecular complexity index is 470. The van der Waals surface area contributed by atoms with Crippen LogP contribution in [0, 0.1) is 0 Å². The molecule has 0 radical (unpaired) electrons. The average Bonchev–Trinajstić information content (AvgIpc) is 2.59. The Morgan fingerprint density at radius 3 is 2.35 bits per heavy atom. The van der Waals surface area contributed by atoms with Gasteiger partial charge in [0, 0.05) is 18.1 Å². The molecule has 2 rings (SSSR count). The zero-order valence-corrected chi connectivity index (χ0v) is 14.3. The summed E-state index contributed by atoms with van der Waals surface area (Å²) >= 11 is 0. The van der Waals surface area contributed by atoms with Crippen molar-refractivity contribution in [1.82, 2.24) is 4.98 Å². The third-order valence-corrected chi connectivity index (χ3v) is 4.97. The third-order valence-electron chi connectivity index (χ3n) is 4.97. The molecule has 1 fully saturated rings. The number of carboxylic acid groups (broad SMARTS) is 1. The van der Waals surface area contributed by atoms with E-state index in [1.807, 2.05) is 12.1 Å². The van der Waals surface area contributed by atoms with Crippen molar-refractivity contribution in [3.8, 4) is 0 Å². The van der Waals surface area contributed by atoms with Crippen LogP contribution in [0.4, 0.5) is 10.5 Å². The van der Waals surface area contributed by atoms with Gasteiger partial charge >= 0.3 is 6.09 Å². The lowest BCUT2D eigenvalue weighted by molar-refractivity contribution is -0.858. The van der Waals surface area contributed by atoms with Crippen molar-refractivity contribution in [3.05, 3.63) is 24.5 Å². The topological polar surface area (TPSA) is 53.4 Å². The van der Waals surface area contributed by atoms with E-state index >= 15 is 0 Å². The van der Waals surface area contributed by atoms with Gasteiger partial charge in [-0.05, 0) is 25.0 Å². The lowest BCUT2D eigenvalue weighted by atomic mass is 10.1. The Labute approximate surface area is 139 Å². The van der Waals surface area contributed by atoms with Gasteiger partial charge in [0.1, 0.15) is 13.1 Å². The molecule has 128 valence electrons. The number of amides is 1. The molecule has 23 heavy (non-hydrogen) atoms. The van der Waals surface area contributed by atoms with Gasteiger partial charge in [-0.3, -0.25) is 4.98 Å². The number of carbonyl (C=O) groups is 1. The van der Waals surface area contributed by atoms with Crippen LogP contribution >= 0.6 is 0 Å². The van der Waals surface area contributed by atoms with Gasteiger partial charge in [0.15, 0.2) is 0 Å². The molecular weight excluding hydrogens is 290 g/mol. The first kappa shape index (κ1) is 17.7. The van der Waals surface area contributed by atoms with Crippen LogP contribution < -0.4 is 4.90 Å². The zero-order chi connectivity index (χ0) is 16.5. The van der Waals surface area contributed by atoms with Crippen molar-refractivity contribution < 1.29 is 14.4 Å². The van der Waals surface area contributed by atoms with Crippen LogP contribution in [0.15, 0.2) is 24.5 Å². The van der Waals surface area contributed by atoms with Gasteiger partial charge in [0.25, 0.3) is 0 Å². The predicted octanol–water partition coefficient (Wildman–Crippen LogP) is 3.76. The SMILES string of the molecule is CCCCCCCC[N+]1(C(=O)O)CCN(c2ccncc2)CC1. The van der Waals surface area contributed by atoms with E-state index in [0.29, 0.717) is 13.1 Å². The number of quaternary nitrogens is 1. The maximum Gasteiger partial charge on any atom is 0.513 e. The number of nitrogens with zero attached hydrogens (tertiary/aromatic N) is 3. The quantitative estimate of drug-likeness (QED) is 0.585. The minimum atomic E-state index is -0.659. The molecule has 0 bridgehead atoms. The summed E-state index contributed by atoms with van der Waals surface area (Å²) in [5.41, 5.74) is 1.14. The fraction of sp³-hybridized carbons (Fsp3) is 0.667. The lowest BCUT2D eigenvalue weighted by Crippen LogP contribution is -2.62. The summed E-state index contributed by atoms with van der Waals surface area (Å²) < 4.78 is 0.232. The maximum atomic E-state index is 11.8. The van der Waals surface area contributed by atoms with Crippen LogP contribution in [-0.4, -0.2) is 53.4 Å². The number of rotatable bonds is 8. The molecule has 2 heterocycles. The Kier molecular flexibility index (Phi) is 6.84. The molecule has 0 aliphatic carbocycles. The normalized spacial score (nSPS) is 17.2. The van der Waals surface area contributed by atoms with E-state index in [4.69, 9.17) is 0 Å². The third kappa shape index (κ3) is 4.93. The van der Waals surface area contributed by atoms with Gasteiger partial charge in [0.2, 0.25) is 0 Å². The first-order valence-corrected chi connectivity index (χ1v) is 8.92. The minimum absolute atomic E-state index is 0.232. The highest BCUT2D eigenvalue weighted by Crippen LogP contribution is 2.21. The van der Waals surface area contributed by atoms with Crippen LogP contribution in [0.2, 0.25) is 0 Å². The van der Waals surface area contributed by atoms with Crippen molar-refractivity contribution in [2.45, 2.75) is 45.4 Å². The van der Waals surface area contributed by atoms with Gasteiger partial charge < -0.3 is 10.0 Å². The number of anilines is 1. The minimum Gasteiger partial charge on any atom is -0.435 e. The number of aromatic nitrogens is 1. The number of unbranched alkanes of at least 4 members (excludes halogenated alkanes) is 5. The number of hydrogen-bond acceptors (Lipinski definition) is 3. The summed E-state index contributed by atoms with van der Waals surface area (Å²) in [6.45, 7) is 5.95. The van der Waals surface area contributed by atoms with Crippen molar-refractivity contribution in [2.24, 2.45) is 0 Å². The van der Waals surface area contributed by atoms with E-state index in [1.165, 1.54) is 25.7 Å². The molecule has 0 saturated carbocycles. The first-order valence-electron chi connectivity index (χ1n) is 8.92. The summed E-state index contributed by atoms with van der Waals surface area (Å²) in [6, 6.07) is 3.99. The molecule has 1 N–H and O–H groups in total. The van der Waals surface area contributed by atoms with Crippen molar-refractivity contribution in [2.75, 3.05) is 37.6 Å². The van der Waals surface area contributed by atoms with E-state index < -0.39 is 6.09 Å². The second-order valence-electron chi connectivity index (χ2n) is 6.56. The van der Waals surface area contributed by atoms with Gasteiger partial charge in [-0.1, -0.05) is 32.6 Å². The van der Waals surface area contributed by atoms with Crippen LogP contribution in [0.3, 0.4) is 0 Å². The van der Waals surface area contributed by atoms with E-state index in [-0.39, 0.29) is 4.48 Å². The number of piperazine rings is 1. The van der Waals surface area contributed by atoms with Gasteiger partial charge in [-0.2, -0.15) is 4.79 Å². The van der Waals surface area contributed by atoms with Gasteiger partial charge in [0.05, 0.1) is 19.6 Å². The number of hydrogen-bond donors (Lipinski definition) is 1. The first-order chi connectivity index (χ1) is 11.2. The van der Waals surface area contributed by atoms with E-state index in [9.17, 15) is 9.90 Å². The fourth-order valence-corrected chi connectivity index (χ4v) is 3.37. The van der Waals surface area contributed by atoms with Gasteiger partial charge in [-0.25, -0.2) is 4.48 Å². The Hall–Kier alpha value is -1.62. The Morgan fingerprint density at radius 2 is 1.74 bits per heavy atom. The van der Waals surface area contributed by atoms with E-state index in [0.717, 1.165) is 38.2 Å². The molecule has 1 aliphatic heterocycles. The van der Waals surface area contributed by atoms with Crippen molar-refractivity contribution >= 4 is 11.8 Å². The smallest absolute Gasteiger partial charge is 0.435 e. The Balaban J connectivity index is 1.82. The molecule has 1 saturated heterocycles. The molecular formula is C18H30N3O2+. The van der Waals surface area contributed by atoms with Crippen LogP contribution in [-0.2, 0) is 0 Å². The van der Waals surface area contributed by atoms with Crippen molar-refractivity contribution in [3.63, 3.8) is 0 Å². The molecule has 0 spiro atoms. The Morgan fingerprint density at radius 1 is 1.13 bits per heavy atom. The van der Waals surface area contributed by atoms with Crippen LogP contribution in [0.1, 0.15) is 45.4 Å². The summed E-state index contributed by atoms with van der Waals surface area (Å²) in [6.07, 6.45) is 10.1. The molecule has 0 atom stereocenters. The average molecular weight is 320 g/mol. The van der Waals surface area contributed by atoms with Crippen molar-refractivity contribution in [1.29, 1.82) is 0 Å². The molecule has 0 unspecified atom stereocenters. The summed E-state index contributed by atoms with van der Waals surface area (Å²) in [5, 5.41) is 9.73. The van der Waals surface area contributed by atoms with Gasteiger partial charge in [-0.15, -0.1) is 0 Å². The van der Waals surface area contributed by atoms with E-state index in [2.05, 4.69) is 16.8 Å². The predicted molar refractivity (Wildman–Crippen MR) is 92.7 cm³/mol. The molecule has 1 aliphatic rings. The molecule has 0 aromatic carbocycles. The largest absolute Gasteiger partial charge is 0.513 e. The lowest BCUT2D eigenvalue weighted by Gasteiger charge is -2.41. The zero-order valence-electron chi connectivity index (χ0n) is 14.3.